The highest BCUT2D eigenvalue weighted by atomic mass is 79.9. The molecular formula is C10H9BrOS. The van der Waals surface area contributed by atoms with Crippen molar-refractivity contribution in [2.24, 2.45) is 0 Å². The second-order valence-electron chi connectivity index (χ2n) is 2.88. The lowest BCUT2D eigenvalue weighted by atomic mass is 10.1. The average Bonchev–Trinajstić information content (AvgIpc) is 2.49. The van der Waals surface area contributed by atoms with Crippen LogP contribution >= 0.6 is 27.3 Å². The molecule has 1 heterocycles. The van der Waals surface area contributed by atoms with Gasteiger partial charge < -0.3 is 5.11 Å². The van der Waals surface area contributed by atoms with Gasteiger partial charge in [0.1, 0.15) is 0 Å². The molecule has 13 heavy (non-hydrogen) atoms. The van der Waals surface area contributed by atoms with Gasteiger partial charge >= 0.3 is 0 Å². The van der Waals surface area contributed by atoms with Crippen molar-refractivity contribution in [2.45, 2.75) is 6.42 Å². The Hall–Kier alpha value is -0.380. The summed E-state index contributed by atoms with van der Waals surface area (Å²) >= 11 is 5.18. The van der Waals surface area contributed by atoms with E-state index in [2.05, 4.69) is 33.4 Å². The van der Waals surface area contributed by atoms with Crippen molar-refractivity contribution in [3.05, 3.63) is 33.6 Å². The van der Waals surface area contributed by atoms with Gasteiger partial charge in [0.05, 0.1) is 0 Å². The quantitative estimate of drug-likeness (QED) is 0.875. The third-order valence-corrected chi connectivity index (χ3v) is 3.50. The second-order valence-corrected chi connectivity index (χ2v) is 4.70. The normalized spacial score (nSPS) is 10.9. The van der Waals surface area contributed by atoms with Gasteiger partial charge in [0.25, 0.3) is 0 Å². The van der Waals surface area contributed by atoms with Crippen molar-refractivity contribution in [2.75, 3.05) is 6.61 Å². The summed E-state index contributed by atoms with van der Waals surface area (Å²) in [4.78, 5) is 0. The summed E-state index contributed by atoms with van der Waals surface area (Å²) in [5.74, 6) is 0. The standard InChI is InChI=1S/C10H9BrOS/c11-8-1-2-10-9(5-8)7(3-4-12)6-13-10/h1-2,5-6,12H,3-4H2. The molecule has 0 radical (unpaired) electrons. The lowest BCUT2D eigenvalue weighted by molar-refractivity contribution is 0.300. The predicted octanol–water partition coefficient (Wildman–Crippen LogP) is 3.20. The van der Waals surface area contributed by atoms with Crippen molar-refractivity contribution < 1.29 is 5.11 Å². The fourth-order valence-electron chi connectivity index (χ4n) is 1.37. The van der Waals surface area contributed by atoms with E-state index in [0.29, 0.717) is 0 Å². The Labute approximate surface area is 89.1 Å². The van der Waals surface area contributed by atoms with Gasteiger partial charge in [-0.2, -0.15) is 0 Å². The van der Waals surface area contributed by atoms with E-state index in [4.69, 9.17) is 5.11 Å². The SMILES string of the molecule is OCCc1csc2ccc(Br)cc12. The number of hydrogen-bond donors (Lipinski definition) is 1. The summed E-state index contributed by atoms with van der Waals surface area (Å²) in [5, 5.41) is 12.2. The molecule has 0 spiro atoms. The molecule has 0 bridgehead atoms. The molecule has 1 aromatic heterocycles. The molecule has 0 aliphatic rings. The number of halogens is 1. The fourth-order valence-corrected chi connectivity index (χ4v) is 2.71. The Kier molecular flexibility index (Phi) is 2.67. The summed E-state index contributed by atoms with van der Waals surface area (Å²) < 4.78 is 2.38. The molecule has 0 unspecified atom stereocenters. The molecular weight excluding hydrogens is 248 g/mol. The van der Waals surface area contributed by atoms with Crippen LogP contribution in [0, 0.1) is 0 Å². The minimum atomic E-state index is 0.221. The van der Waals surface area contributed by atoms with Gasteiger partial charge in [-0.1, -0.05) is 15.9 Å². The second kappa shape index (κ2) is 3.78. The lowest BCUT2D eigenvalue weighted by Crippen LogP contribution is -1.87. The molecule has 1 aromatic carbocycles. The van der Waals surface area contributed by atoms with E-state index in [-0.39, 0.29) is 6.61 Å². The minimum Gasteiger partial charge on any atom is -0.396 e. The predicted molar refractivity (Wildman–Crippen MR) is 60.3 cm³/mol. The van der Waals surface area contributed by atoms with E-state index in [0.717, 1.165) is 10.9 Å². The van der Waals surface area contributed by atoms with Gasteiger partial charge in [-0.25, -0.2) is 0 Å². The van der Waals surface area contributed by atoms with Crippen LogP contribution in [0.5, 0.6) is 0 Å². The Morgan fingerprint density at radius 1 is 1.38 bits per heavy atom. The van der Waals surface area contributed by atoms with Gasteiger partial charge in [-0.15, -0.1) is 11.3 Å². The van der Waals surface area contributed by atoms with Crippen molar-refractivity contribution >= 4 is 37.4 Å². The highest BCUT2D eigenvalue weighted by molar-refractivity contribution is 9.10. The van der Waals surface area contributed by atoms with Crippen LogP contribution in [0.15, 0.2) is 28.1 Å². The zero-order valence-electron chi connectivity index (χ0n) is 6.96. The summed E-state index contributed by atoms with van der Waals surface area (Å²) in [6.07, 6.45) is 0.746. The zero-order chi connectivity index (χ0) is 9.26. The molecule has 0 atom stereocenters. The molecule has 0 saturated carbocycles. The maximum Gasteiger partial charge on any atom is 0.0471 e. The number of aliphatic hydroxyl groups is 1. The molecule has 1 nitrogen and oxygen atoms in total. The Balaban J connectivity index is 2.58. The Morgan fingerprint density at radius 3 is 3.00 bits per heavy atom. The first kappa shape index (κ1) is 9.19. The molecule has 68 valence electrons. The first-order valence-corrected chi connectivity index (χ1v) is 5.75. The van der Waals surface area contributed by atoms with E-state index in [9.17, 15) is 0 Å². The first-order valence-electron chi connectivity index (χ1n) is 4.08. The van der Waals surface area contributed by atoms with Gasteiger partial charge in [0.2, 0.25) is 0 Å². The first-order chi connectivity index (χ1) is 6.31. The van der Waals surface area contributed by atoms with Crippen molar-refractivity contribution in [3.8, 4) is 0 Å². The minimum absolute atomic E-state index is 0.221. The summed E-state index contributed by atoms with van der Waals surface area (Å²) in [6.45, 7) is 0.221. The lowest BCUT2D eigenvalue weighted by Gasteiger charge is -1.96. The van der Waals surface area contributed by atoms with E-state index >= 15 is 0 Å². The molecule has 0 aliphatic carbocycles. The van der Waals surface area contributed by atoms with E-state index < -0.39 is 0 Å². The maximum atomic E-state index is 8.86. The highest BCUT2D eigenvalue weighted by Crippen LogP contribution is 2.28. The van der Waals surface area contributed by atoms with Crippen LogP contribution in [0.3, 0.4) is 0 Å². The van der Waals surface area contributed by atoms with Crippen LogP contribution in [0.25, 0.3) is 10.1 Å². The summed E-state index contributed by atoms with van der Waals surface area (Å²) in [5.41, 5.74) is 1.24. The third-order valence-electron chi connectivity index (χ3n) is 2.00. The summed E-state index contributed by atoms with van der Waals surface area (Å²) in [7, 11) is 0. The molecule has 3 heteroatoms. The summed E-state index contributed by atoms with van der Waals surface area (Å²) in [6, 6.07) is 6.25. The van der Waals surface area contributed by atoms with Crippen molar-refractivity contribution in [3.63, 3.8) is 0 Å². The molecule has 2 aromatic rings. The van der Waals surface area contributed by atoms with Gasteiger partial charge in [-0.05, 0) is 40.9 Å². The van der Waals surface area contributed by atoms with E-state index in [1.165, 1.54) is 15.6 Å². The third kappa shape index (κ3) is 1.77. The number of fused-ring (bicyclic) bond motifs is 1. The Bertz CT molecular complexity index is 422. The van der Waals surface area contributed by atoms with Crippen LogP contribution in [0.2, 0.25) is 0 Å². The average molecular weight is 257 g/mol. The molecule has 2 rings (SSSR count). The largest absolute Gasteiger partial charge is 0.396 e. The van der Waals surface area contributed by atoms with E-state index in [1.54, 1.807) is 11.3 Å². The van der Waals surface area contributed by atoms with E-state index in [1.807, 2.05) is 6.07 Å². The van der Waals surface area contributed by atoms with Gasteiger partial charge in [0, 0.05) is 15.8 Å². The molecule has 0 amide bonds. The van der Waals surface area contributed by atoms with Crippen LogP contribution in [-0.4, -0.2) is 11.7 Å². The van der Waals surface area contributed by atoms with Crippen LogP contribution in [-0.2, 0) is 6.42 Å². The molecule has 0 aliphatic heterocycles. The van der Waals surface area contributed by atoms with Crippen LogP contribution in [0.1, 0.15) is 5.56 Å². The van der Waals surface area contributed by atoms with Gasteiger partial charge in [0.15, 0.2) is 0 Å². The Morgan fingerprint density at radius 2 is 2.23 bits per heavy atom. The van der Waals surface area contributed by atoms with Gasteiger partial charge in [-0.3, -0.25) is 0 Å². The number of benzene rings is 1. The number of hydrogen-bond acceptors (Lipinski definition) is 2. The maximum absolute atomic E-state index is 8.86. The zero-order valence-corrected chi connectivity index (χ0v) is 9.36. The van der Waals surface area contributed by atoms with Crippen molar-refractivity contribution in [1.29, 1.82) is 0 Å². The number of rotatable bonds is 2. The molecule has 0 saturated heterocycles. The topological polar surface area (TPSA) is 20.2 Å². The monoisotopic (exact) mass is 256 g/mol. The van der Waals surface area contributed by atoms with Crippen LogP contribution in [0.4, 0.5) is 0 Å². The van der Waals surface area contributed by atoms with Crippen LogP contribution < -0.4 is 0 Å². The molecule has 1 N–H and O–H groups in total. The van der Waals surface area contributed by atoms with Crippen molar-refractivity contribution in [1.82, 2.24) is 0 Å². The highest BCUT2D eigenvalue weighted by Gasteiger charge is 2.03. The smallest absolute Gasteiger partial charge is 0.0471 e. The fraction of sp³-hybridized carbons (Fsp3) is 0.200. The number of thiophene rings is 1. The molecule has 0 fully saturated rings. The number of aliphatic hydroxyl groups excluding tert-OH is 1.